The number of pyridine rings is 1. The number of carbonyl (C=O) groups is 2. The Morgan fingerprint density at radius 3 is 2.72 bits per heavy atom. The Bertz CT molecular complexity index is 828. The van der Waals surface area contributed by atoms with Crippen LogP contribution in [0.4, 0.5) is 4.39 Å². The topological polar surface area (TPSA) is 86.1 Å². The van der Waals surface area contributed by atoms with E-state index in [1.54, 1.807) is 17.0 Å². The van der Waals surface area contributed by atoms with Gasteiger partial charge in [-0.05, 0) is 29.8 Å². The second-order valence-corrected chi connectivity index (χ2v) is 5.82. The van der Waals surface area contributed by atoms with Crippen LogP contribution in [0.15, 0.2) is 42.6 Å². The van der Waals surface area contributed by atoms with Crippen LogP contribution < -0.4 is 5.32 Å². The monoisotopic (exact) mass is 338 g/mol. The van der Waals surface area contributed by atoms with Crippen molar-refractivity contribution in [3.63, 3.8) is 0 Å². The molecule has 3 rings (SSSR count). The SMILES string of the molecule is N#Cc1ccc(C(=O)NC2CC(=O)N(Cc3ccc(F)cc3)C2)cn1. The summed E-state index contributed by atoms with van der Waals surface area (Å²) in [5.41, 5.74) is 1.40. The first-order valence-corrected chi connectivity index (χ1v) is 7.74. The molecule has 1 saturated heterocycles. The molecule has 1 aromatic carbocycles. The molecular formula is C18H15FN4O2. The molecule has 126 valence electrons. The van der Waals surface area contributed by atoms with Crippen LogP contribution >= 0.6 is 0 Å². The number of aromatic nitrogens is 1. The van der Waals surface area contributed by atoms with Crippen molar-refractivity contribution in [2.24, 2.45) is 0 Å². The average Bonchev–Trinajstić information content (AvgIpc) is 2.96. The number of benzene rings is 1. The predicted molar refractivity (Wildman–Crippen MR) is 86.6 cm³/mol. The summed E-state index contributed by atoms with van der Waals surface area (Å²) >= 11 is 0. The van der Waals surface area contributed by atoms with Crippen LogP contribution in [0.2, 0.25) is 0 Å². The van der Waals surface area contributed by atoms with E-state index < -0.39 is 0 Å². The zero-order valence-electron chi connectivity index (χ0n) is 13.3. The first kappa shape index (κ1) is 16.6. The minimum absolute atomic E-state index is 0.0624. The highest BCUT2D eigenvalue weighted by atomic mass is 19.1. The number of amides is 2. The Kier molecular flexibility index (Phi) is 4.70. The van der Waals surface area contributed by atoms with Gasteiger partial charge < -0.3 is 10.2 Å². The summed E-state index contributed by atoms with van der Waals surface area (Å²) < 4.78 is 12.9. The quantitative estimate of drug-likeness (QED) is 0.918. The van der Waals surface area contributed by atoms with Gasteiger partial charge in [0.05, 0.1) is 11.6 Å². The van der Waals surface area contributed by atoms with Crippen LogP contribution in [0.5, 0.6) is 0 Å². The molecule has 1 aliphatic heterocycles. The normalized spacial score (nSPS) is 16.6. The molecule has 1 aromatic heterocycles. The van der Waals surface area contributed by atoms with E-state index in [0.29, 0.717) is 18.7 Å². The number of hydrogen-bond acceptors (Lipinski definition) is 4. The number of halogens is 1. The van der Waals surface area contributed by atoms with E-state index in [0.717, 1.165) is 5.56 Å². The van der Waals surface area contributed by atoms with E-state index in [4.69, 9.17) is 5.26 Å². The molecular weight excluding hydrogens is 323 g/mol. The fourth-order valence-electron chi connectivity index (χ4n) is 2.69. The number of nitrogens with zero attached hydrogens (tertiary/aromatic N) is 3. The molecule has 2 amide bonds. The Hall–Kier alpha value is -3.27. The molecule has 0 aliphatic carbocycles. The number of carbonyl (C=O) groups excluding carboxylic acids is 2. The van der Waals surface area contributed by atoms with Gasteiger partial charge in [0.25, 0.3) is 5.91 Å². The van der Waals surface area contributed by atoms with E-state index in [1.807, 2.05) is 6.07 Å². The second kappa shape index (κ2) is 7.09. The van der Waals surface area contributed by atoms with Crippen molar-refractivity contribution in [1.29, 1.82) is 5.26 Å². The molecule has 0 radical (unpaired) electrons. The summed E-state index contributed by atoms with van der Waals surface area (Å²) in [5.74, 6) is -0.719. The maximum absolute atomic E-state index is 12.9. The van der Waals surface area contributed by atoms with Gasteiger partial charge in [-0.25, -0.2) is 9.37 Å². The number of nitriles is 1. The van der Waals surface area contributed by atoms with Crippen molar-refractivity contribution in [3.8, 4) is 6.07 Å². The molecule has 25 heavy (non-hydrogen) atoms. The lowest BCUT2D eigenvalue weighted by Crippen LogP contribution is -2.37. The highest BCUT2D eigenvalue weighted by Crippen LogP contribution is 2.16. The van der Waals surface area contributed by atoms with Gasteiger partial charge >= 0.3 is 0 Å². The van der Waals surface area contributed by atoms with Crippen molar-refractivity contribution in [1.82, 2.24) is 15.2 Å². The number of nitrogens with one attached hydrogen (secondary N) is 1. The molecule has 1 N–H and O–H groups in total. The molecule has 2 aromatic rings. The van der Waals surface area contributed by atoms with Gasteiger partial charge in [0.15, 0.2) is 0 Å². The summed E-state index contributed by atoms with van der Waals surface area (Å²) in [4.78, 5) is 29.8. The Morgan fingerprint density at radius 1 is 1.32 bits per heavy atom. The van der Waals surface area contributed by atoms with Gasteiger partial charge in [-0.15, -0.1) is 0 Å². The Labute approximate surface area is 143 Å². The van der Waals surface area contributed by atoms with Gasteiger partial charge in [-0.3, -0.25) is 9.59 Å². The molecule has 2 heterocycles. The summed E-state index contributed by atoms with van der Waals surface area (Å²) in [6.45, 7) is 0.773. The van der Waals surface area contributed by atoms with Crippen molar-refractivity contribution < 1.29 is 14.0 Å². The Morgan fingerprint density at radius 2 is 2.08 bits per heavy atom. The molecule has 7 heteroatoms. The van der Waals surface area contributed by atoms with Crippen LogP contribution in [0.1, 0.15) is 28.0 Å². The first-order chi connectivity index (χ1) is 12.0. The molecule has 0 bridgehead atoms. The van der Waals surface area contributed by atoms with Gasteiger partial charge in [0.1, 0.15) is 17.6 Å². The van der Waals surface area contributed by atoms with Crippen LogP contribution in [0, 0.1) is 17.1 Å². The third kappa shape index (κ3) is 3.98. The molecule has 1 aliphatic rings. The van der Waals surface area contributed by atoms with Crippen molar-refractivity contribution in [3.05, 3.63) is 65.2 Å². The van der Waals surface area contributed by atoms with Gasteiger partial charge in [0.2, 0.25) is 5.91 Å². The van der Waals surface area contributed by atoms with Gasteiger partial charge in [-0.1, -0.05) is 12.1 Å². The van der Waals surface area contributed by atoms with Crippen LogP contribution in [0.3, 0.4) is 0 Å². The summed E-state index contributed by atoms with van der Waals surface area (Å²) in [6.07, 6.45) is 1.55. The largest absolute Gasteiger partial charge is 0.347 e. The zero-order chi connectivity index (χ0) is 17.8. The number of likely N-dealkylation sites (tertiary alicyclic amines) is 1. The smallest absolute Gasteiger partial charge is 0.253 e. The predicted octanol–water partition coefficient (Wildman–Crippen LogP) is 1.62. The average molecular weight is 338 g/mol. The van der Waals surface area contributed by atoms with Crippen molar-refractivity contribution in [2.75, 3.05) is 6.54 Å². The minimum atomic E-state index is -0.335. The van der Waals surface area contributed by atoms with E-state index in [-0.39, 0.29) is 35.8 Å². The Balaban J connectivity index is 1.59. The zero-order valence-corrected chi connectivity index (χ0v) is 13.3. The van der Waals surface area contributed by atoms with Crippen LogP contribution in [0.25, 0.3) is 0 Å². The molecule has 1 atom stereocenters. The van der Waals surface area contributed by atoms with E-state index >= 15 is 0 Å². The fraction of sp³-hybridized carbons (Fsp3) is 0.222. The highest BCUT2D eigenvalue weighted by Gasteiger charge is 2.30. The van der Waals surface area contributed by atoms with Crippen LogP contribution in [-0.2, 0) is 11.3 Å². The van der Waals surface area contributed by atoms with Crippen molar-refractivity contribution >= 4 is 11.8 Å². The lowest BCUT2D eigenvalue weighted by atomic mass is 10.2. The van der Waals surface area contributed by atoms with Gasteiger partial charge in [-0.2, -0.15) is 5.26 Å². The van der Waals surface area contributed by atoms with E-state index in [2.05, 4.69) is 10.3 Å². The maximum atomic E-state index is 12.9. The van der Waals surface area contributed by atoms with E-state index in [1.165, 1.54) is 30.5 Å². The minimum Gasteiger partial charge on any atom is -0.347 e. The van der Waals surface area contributed by atoms with E-state index in [9.17, 15) is 14.0 Å². The van der Waals surface area contributed by atoms with Crippen molar-refractivity contribution in [2.45, 2.75) is 19.0 Å². The molecule has 1 fully saturated rings. The second-order valence-electron chi connectivity index (χ2n) is 5.82. The summed E-state index contributed by atoms with van der Waals surface area (Å²) in [5, 5.41) is 11.5. The highest BCUT2D eigenvalue weighted by molar-refractivity contribution is 5.94. The lowest BCUT2D eigenvalue weighted by molar-refractivity contribution is -0.128. The maximum Gasteiger partial charge on any atom is 0.253 e. The third-order valence-corrected chi connectivity index (χ3v) is 3.98. The molecule has 1 unspecified atom stereocenters. The summed E-state index contributed by atoms with van der Waals surface area (Å²) in [7, 11) is 0. The third-order valence-electron chi connectivity index (χ3n) is 3.98. The summed E-state index contributed by atoms with van der Waals surface area (Å²) in [6, 6.07) is 10.6. The lowest BCUT2D eigenvalue weighted by Gasteiger charge is -2.17. The van der Waals surface area contributed by atoms with Gasteiger partial charge in [0, 0.05) is 25.7 Å². The number of rotatable bonds is 4. The molecule has 0 spiro atoms. The fourth-order valence-corrected chi connectivity index (χ4v) is 2.69. The van der Waals surface area contributed by atoms with Crippen LogP contribution in [-0.4, -0.2) is 34.3 Å². The standard InChI is InChI=1S/C18H15FN4O2/c19-14-4-1-12(2-5-14)10-23-11-16(7-17(23)24)22-18(25)13-3-6-15(8-20)21-9-13/h1-6,9,16H,7,10-11H2,(H,22,25). The first-order valence-electron chi connectivity index (χ1n) is 7.74. The molecule has 6 nitrogen and oxygen atoms in total. The molecule has 0 saturated carbocycles. The number of hydrogen-bond donors (Lipinski definition) is 1.